The van der Waals surface area contributed by atoms with E-state index in [4.69, 9.17) is 29.8 Å². The second-order valence-corrected chi connectivity index (χ2v) is 9.37. The first-order chi connectivity index (χ1) is 16.9. The first-order valence-electron chi connectivity index (χ1n) is 11.1. The van der Waals surface area contributed by atoms with Gasteiger partial charge in [-0.05, 0) is 54.0 Å². The minimum absolute atomic E-state index is 0.0633. The van der Waals surface area contributed by atoms with Crippen LogP contribution in [0.25, 0.3) is 4.85 Å². The summed E-state index contributed by atoms with van der Waals surface area (Å²) in [6.45, 7) is 11.5. The van der Waals surface area contributed by atoms with Crippen LogP contribution < -0.4 is 4.90 Å². The quantitative estimate of drug-likeness (QED) is 0.434. The minimum Gasteiger partial charge on any atom is -0.368 e. The lowest BCUT2D eigenvalue weighted by Crippen LogP contribution is -2.53. The fraction of sp³-hybridized carbons (Fsp3) is 0.280. The largest absolute Gasteiger partial charge is 0.368 e. The Morgan fingerprint density at radius 2 is 1.77 bits per heavy atom. The molecule has 1 amide bonds. The van der Waals surface area contributed by atoms with Crippen LogP contribution in [0.3, 0.4) is 0 Å². The standard InChI is InChI=1S/C25H21Cl2FN6O/c1-15-23(25(35)33-11-9-32(10-12-33)18-6-4-17(28)5-7-18)24(16-3-8-19(26)20(27)13-16)34-22(30-15)14-21(29-2)31-34/h3-8,13-14,23-24H,9-12H2,1H3. The number of carbonyl (C=O) groups is 1. The van der Waals surface area contributed by atoms with Crippen molar-refractivity contribution in [3.05, 3.63) is 81.4 Å². The number of carbonyl (C=O) groups excluding carboxylic acids is 1. The molecule has 5 rings (SSSR count). The predicted octanol–water partition coefficient (Wildman–Crippen LogP) is 5.54. The molecule has 10 heteroatoms. The molecule has 0 radical (unpaired) electrons. The number of piperazine rings is 1. The van der Waals surface area contributed by atoms with Gasteiger partial charge in [-0.2, -0.15) is 4.68 Å². The summed E-state index contributed by atoms with van der Waals surface area (Å²) in [6, 6.07) is 12.7. The molecule has 2 unspecified atom stereocenters. The topological polar surface area (TPSA) is 58.1 Å². The maximum Gasteiger partial charge on any atom is 0.297 e. The molecule has 0 spiro atoms. The molecule has 1 fully saturated rings. The molecular weight excluding hydrogens is 490 g/mol. The Balaban J connectivity index is 1.45. The molecule has 2 atom stereocenters. The van der Waals surface area contributed by atoms with Gasteiger partial charge >= 0.3 is 0 Å². The molecule has 0 aliphatic carbocycles. The monoisotopic (exact) mass is 510 g/mol. The van der Waals surface area contributed by atoms with Gasteiger partial charge in [-0.1, -0.05) is 35.8 Å². The number of fused-ring (bicyclic) bond motifs is 1. The molecule has 2 aromatic carbocycles. The van der Waals surface area contributed by atoms with Crippen LogP contribution >= 0.6 is 23.2 Å². The number of anilines is 1. The normalized spacial score (nSPS) is 19.7. The number of nitrogens with zero attached hydrogens (tertiary/aromatic N) is 6. The maximum atomic E-state index is 13.9. The third kappa shape index (κ3) is 4.38. The van der Waals surface area contributed by atoms with E-state index in [1.165, 1.54) is 12.1 Å². The summed E-state index contributed by atoms with van der Waals surface area (Å²) in [5, 5.41) is 5.21. The Morgan fingerprint density at radius 1 is 1.06 bits per heavy atom. The zero-order chi connectivity index (χ0) is 24.7. The van der Waals surface area contributed by atoms with Gasteiger partial charge in [0, 0.05) is 43.6 Å². The molecule has 35 heavy (non-hydrogen) atoms. The van der Waals surface area contributed by atoms with Gasteiger partial charge in [-0.15, -0.1) is 0 Å². The van der Waals surface area contributed by atoms with E-state index in [0.29, 0.717) is 47.8 Å². The Kier molecular flexibility index (Phi) is 6.22. The molecule has 0 N–H and O–H groups in total. The number of benzene rings is 2. The highest BCUT2D eigenvalue weighted by molar-refractivity contribution is 6.42. The number of hydrogen-bond donors (Lipinski definition) is 0. The number of hydrogen-bond acceptors (Lipinski definition) is 4. The molecule has 178 valence electrons. The maximum absolute atomic E-state index is 13.9. The lowest BCUT2D eigenvalue weighted by molar-refractivity contribution is -0.134. The number of aliphatic imine (C=N–C) groups is 1. The lowest BCUT2D eigenvalue weighted by atomic mass is 9.87. The van der Waals surface area contributed by atoms with Crippen molar-refractivity contribution in [3.8, 4) is 0 Å². The summed E-state index contributed by atoms with van der Waals surface area (Å²) in [4.78, 5) is 25.9. The number of aromatic nitrogens is 2. The summed E-state index contributed by atoms with van der Waals surface area (Å²) in [5.41, 5.74) is 2.34. The molecule has 3 heterocycles. The predicted molar refractivity (Wildman–Crippen MR) is 135 cm³/mol. The van der Waals surface area contributed by atoms with Gasteiger partial charge in [0.1, 0.15) is 17.8 Å². The van der Waals surface area contributed by atoms with Crippen molar-refractivity contribution >= 4 is 52.1 Å². The van der Waals surface area contributed by atoms with Crippen molar-refractivity contribution in [2.45, 2.75) is 13.0 Å². The van der Waals surface area contributed by atoms with Crippen molar-refractivity contribution in [1.82, 2.24) is 14.7 Å². The van der Waals surface area contributed by atoms with Gasteiger partial charge in [-0.3, -0.25) is 4.79 Å². The minimum atomic E-state index is -0.615. The van der Waals surface area contributed by atoms with Gasteiger partial charge in [0.2, 0.25) is 5.91 Å². The molecule has 0 saturated carbocycles. The van der Waals surface area contributed by atoms with E-state index in [2.05, 4.69) is 19.8 Å². The van der Waals surface area contributed by atoms with E-state index in [1.54, 1.807) is 35.0 Å². The van der Waals surface area contributed by atoms with Crippen LogP contribution in [-0.4, -0.2) is 52.5 Å². The first kappa shape index (κ1) is 23.3. The second-order valence-electron chi connectivity index (χ2n) is 8.56. The summed E-state index contributed by atoms with van der Waals surface area (Å²) in [7, 11) is 0. The van der Waals surface area contributed by atoms with Gasteiger partial charge in [-0.25, -0.2) is 9.38 Å². The van der Waals surface area contributed by atoms with Crippen molar-refractivity contribution in [3.63, 3.8) is 0 Å². The Hall–Kier alpha value is -3.41. The first-order valence-corrected chi connectivity index (χ1v) is 11.9. The molecule has 2 aliphatic heterocycles. The summed E-state index contributed by atoms with van der Waals surface area (Å²) in [6.07, 6.45) is 0. The highest BCUT2D eigenvalue weighted by Crippen LogP contribution is 2.40. The highest BCUT2D eigenvalue weighted by Gasteiger charge is 2.42. The van der Waals surface area contributed by atoms with Crippen molar-refractivity contribution < 1.29 is 9.18 Å². The summed E-state index contributed by atoms with van der Waals surface area (Å²) < 4.78 is 14.9. The fourth-order valence-electron chi connectivity index (χ4n) is 4.71. The van der Waals surface area contributed by atoms with E-state index >= 15 is 0 Å². The summed E-state index contributed by atoms with van der Waals surface area (Å²) in [5.74, 6) is -0.220. The van der Waals surface area contributed by atoms with Crippen LogP contribution in [0.5, 0.6) is 0 Å². The Morgan fingerprint density at radius 3 is 2.43 bits per heavy atom. The average molecular weight is 511 g/mol. The zero-order valence-electron chi connectivity index (χ0n) is 18.8. The van der Waals surface area contributed by atoms with Crippen LogP contribution in [0, 0.1) is 18.3 Å². The molecule has 1 aromatic heterocycles. The van der Waals surface area contributed by atoms with E-state index < -0.39 is 12.0 Å². The van der Waals surface area contributed by atoms with Crippen molar-refractivity contribution in [2.75, 3.05) is 31.1 Å². The van der Waals surface area contributed by atoms with Crippen LogP contribution in [0.4, 0.5) is 21.7 Å². The zero-order valence-corrected chi connectivity index (χ0v) is 20.3. The van der Waals surface area contributed by atoms with Gasteiger partial charge in [0.15, 0.2) is 5.82 Å². The van der Waals surface area contributed by atoms with Gasteiger partial charge < -0.3 is 14.6 Å². The van der Waals surface area contributed by atoms with E-state index in [9.17, 15) is 9.18 Å². The van der Waals surface area contributed by atoms with E-state index in [-0.39, 0.29) is 17.5 Å². The molecule has 3 aromatic rings. The number of rotatable bonds is 3. The van der Waals surface area contributed by atoms with Gasteiger partial charge in [0.05, 0.1) is 10.0 Å². The summed E-state index contributed by atoms with van der Waals surface area (Å²) >= 11 is 12.5. The van der Waals surface area contributed by atoms with Gasteiger partial charge in [0.25, 0.3) is 5.82 Å². The van der Waals surface area contributed by atoms with Crippen LogP contribution in [0.15, 0.2) is 53.5 Å². The molecule has 7 nitrogen and oxygen atoms in total. The Labute approximate surface area is 212 Å². The van der Waals surface area contributed by atoms with E-state index in [0.717, 1.165) is 11.3 Å². The molecular formula is C25H21Cl2FN6O. The second kappa shape index (κ2) is 9.33. The van der Waals surface area contributed by atoms with Crippen molar-refractivity contribution in [1.29, 1.82) is 0 Å². The molecule has 1 saturated heterocycles. The third-order valence-corrected chi connectivity index (χ3v) is 7.21. The van der Waals surface area contributed by atoms with Crippen LogP contribution in [-0.2, 0) is 4.79 Å². The Bertz CT molecular complexity index is 1360. The smallest absolute Gasteiger partial charge is 0.297 e. The highest BCUT2D eigenvalue weighted by atomic mass is 35.5. The molecule has 0 bridgehead atoms. The number of halogens is 3. The van der Waals surface area contributed by atoms with Crippen molar-refractivity contribution in [2.24, 2.45) is 10.9 Å². The van der Waals surface area contributed by atoms with E-state index in [1.807, 2.05) is 17.9 Å². The fourth-order valence-corrected chi connectivity index (χ4v) is 5.02. The third-order valence-electron chi connectivity index (χ3n) is 6.47. The average Bonchev–Trinajstić information content (AvgIpc) is 3.28. The SMILES string of the molecule is [C-]#[N+]c1cc2n(n1)C(c1ccc(Cl)c(Cl)c1)C(C(=O)N1CCN(c3ccc(F)cc3)CC1)C(C)=N2. The molecule has 2 aliphatic rings. The van der Waals surface area contributed by atoms with Crippen LogP contribution in [0.2, 0.25) is 10.0 Å². The number of amides is 1. The lowest BCUT2D eigenvalue weighted by Gasteiger charge is -2.39. The van der Waals surface area contributed by atoms with Crippen LogP contribution in [0.1, 0.15) is 18.5 Å².